The van der Waals surface area contributed by atoms with Crippen LogP contribution >= 0.6 is 0 Å². The van der Waals surface area contributed by atoms with E-state index in [-0.39, 0.29) is 12.0 Å². The van der Waals surface area contributed by atoms with Gasteiger partial charge in [-0.05, 0) is 36.5 Å². The SMILES string of the molecule is O=C(Nc1ncccc1OCC1CCCCC1)C1=NOC(c2ccccc2)C1. The van der Waals surface area contributed by atoms with E-state index in [1.165, 1.54) is 32.1 Å². The third kappa shape index (κ3) is 4.50. The lowest BCUT2D eigenvalue weighted by Crippen LogP contribution is -2.23. The van der Waals surface area contributed by atoms with Gasteiger partial charge < -0.3 is 14.9 Å². The Morgan fingerprint density at radius 2 is 1.93 bits per heavy atom. The third-order valence-electron chi connectivity index (χ3n) is 5.30. The number of rotatable bonds is 6. The molecule has 1 amide bonds. The van der Waals surface area contributed by atoms with Crippen molar-refractivity contribution in [3.63, 3.8) is 0 Å². The largest absolute Gasteiger partial charge is 0.489 e. The van der Waals surface area contributed by atoms with Crippen LogP contribution in [0.25, 0.3) is 0 Å². The average Bonchev–Trinajstić information content (AvgIpc) is 3.25. The highest BCUT2D eigenvalue weighted by molar-refractivity contribution is 6.43. The number of carbonyl (C=O) groups excluding carboxylic acids is 1. The minimum Gasteiger partial charge on any atom is -0.489 e. The maximum atomic E-state index is 12.6. The first-order valence-corrected chi connectivity index (χ1v) is 9.96. The van der Waals surface area contributed by atoms with Gasteiger partial charge in [-0.2, -0.15) is 0 Å². The zero-order valence-corrected chi connectivity index (χ0v) is 15.8. The predicted molar refractivity (Wildman–Crippen MR) is 107 cm³/mol. The molecule has 0 bridgehead atoms. The van der Waals surface area contributed by atoms with Gasteiger partial charge in [-0.1, -0.05) is 54.8 Å². The molecule has 2 heterocycles. The number of ether oxygens (including phenoxy) is 1. The van der Waals surface area contributed by atoms with Crippen molar-refractivity contribution in [2.24, 2.45) is 11.1 Å². The van der Waals surface area contributed by atoms with Gasteiger partial charge >= 0.3 is 0 Å². The Hall–Kier alpha value is -2.89. The number of nitrogens with one attached hydrogen (secondary N) is 1. The number of nitrogens with zero attached hydrogens (tertiary/aromatic N) is 2. The Labute approximate surface area is 164 Å². The minimum atomic E-state index is -0.306. The number of amides is 1. The van der Waals surface area contributed by atoms with Gasteiger partial charge in [0.1, 0.15) is 5.71 Å². The van der Waals surface area contributed by atoms with Crippen molar-refractivity contribution in [3.05, 3.63) is 54.2 Å². The molecule has 1 unspecified atom stereocenters. The summed E-state index contributed by atoms with van der Waals surface area (Å²) in [5.74, 6) is 1.30. The maximum Gasteiger partial charge on any atom is 0.274 e. The molecule has 2 aromatic rings. The Bertz CT molecular complexity index is 832. The molecule has 6 heteroatoms. The molecule has 1 aromatic carbocycles. The van der Waals surface area contributed by atoms with E-state index >= 15 is 0 Å². The molecule has 4 rings (SSSR count). The number of hydrogen-bond donors (Lipinski definition) is 1. The van der Waals surface area contributed by atoms with Crippen LogP contribution in [0.15, 0.2) is 53.8 Å². The molecule has 0 saturated heterocycles. The fraction of sp³-hybridized carbons (Fsp3) is 0.409. The number of benzene rings is 1. The van der Waals surface area contributed by atoms with Gasteiger partial charge in [-0.25, -0.2) is 4.98 Å². The van der Waals surface area contributed by atoms with Gasteiger partial charge in [-0.3, -0.25) is 4.79 Å². The lowest BCUT2D eigenvalue weighted by atomic mass is 9.90. The Kier molecular flexibility index (Phi) is 5.85. The number of oxime groups is 1. The van der Waals surface area contributed by atoms with E-state index < -0.39 is 0 Å². The Morgan fingerprint density at radius 1 is 1.11 bits per heavy atom. The lowest BCUT2D eigenvalue weighted by Gasteiger charge is -2.22. The number of anilines is 1. The third-order valence-corrected chi connectivity index (χ3v) is 5.30. The second-order valence-corrected chi connectivity index (χ2v) is 7.37. The first kappa shape index (κ1) is 18.5. The van der Waals surface area contributed by atoms with Crippen LogP contribution in [0, 0.1) is 5.92 Å². The summed E-state index contributed by atoms with van der Waals surface area (Å²) in [7, 11) is 0. The molecule has 1 aliphatic heterocycles. The second kappa shape index (κ2) is 8.87. The molecule has 1 N–H and O–H groups in total. The first-order chi connectivity index (χ1) is 13.8. The monoisotopic (exact) mass is 379 g/mol. The Balaban J connectivity index is 1.35. The van der Waals surface area contributed by atoms with E-state index in [0.29, 0.717) is 36.2 Å². The number of aromatic nitrogens is 1. The summed E-state index contributed by atoms with van der Waals surface area (Å²) in [5.41, 5.74) is 1.36. The summed E-state index contributed by atoms with van der Waals surface area (Å²) in [4.78, 5) is 22.4. The van der Waals surface area contributed by atoms with Gasteiger partial charge in [0.2, 0.25) is 0 Å². The molecule has 28 heavy (non-hydrogen) atoms. The molecular formula is C22H25N3O3. The second-order valence-electron chi connectivity index (χ2n) is 7.37. The highest BCUT2D eigenvalue weighted by Gasteiger charge is 2.28. The fourth-order valence-corrected chi connectivity index (χ4v) is 3.70. The van der Waals surface area contributed by atoms with Gasteiger partial charge in [0.15, 0.2) is 17.7 Å². The molecule has 2 aliphatic rings. The molecule has 0 spiro atoms. The topological polar surface area (TPSA) is 72.8 Å². The van der Waals surface area contributed by atoms with E-state index in [9.17, 15) is 4.79 Å². The van der Waals surface area contributed by atoms with Gasteiger partial charge in [0.05, 0.1) is 6.61 Å². The van der Waals surface area contributed by atoms with Crippen molar-refractivity contribution in [1.82, 2.24) is 4.98 Å². The zero-order chi connectivity index (χ0) is 19.2. The number of carbonyl (C=O) groups is 1. The maximum absolute atomic E-state index is 12.6. The summed E-state index contributed by atoms with van der Waals surface area (Å²) in [6.07, 6.45) is 8.11. The van der Waals surface area contributed by atoms with Crippen molar-refractivity contribution in [1.29, 1.82) is 0 Å². The van der Waals surface area contributed by atoms with E-state index in [1.54, 1.807) is 6.20 Å². The molecule has 146 valence electrons. The first-order valence-electron chi connectivity index (χ1n) is 9.96. The van der Waals surface area contributed by atoms with Crippen molar-refractivity contribution < 1.29 is 14.4 Å². The van der Waals surface area contributed by atoms with Gasteiger partial charge in [0.25, 0.3) is 5.91 Å². The predicted octanol–water partition coefficient (Wildman–Crippen LogP) is 4.50. The van der Waals surface area contributed by atoms with Crippen LogP contribution in [-0.4, -0.2) is 23.2 Å². The highest BCUT2D eigenvalue weighted by Crippen LogP contribution is 2.29. The standard InChI is InChI=1S/C22H25N3O3/c26-22(18-14-20(28-25-18)17-10-5-2-6-11-17)24-21-19(12-7-13-23-21)27-15-16-8-3-1-4-9-16/h2,5-7,10-13,16,20H,1,3-4,8-9,14-15H2,(H,23,24,26). The zero-order valence-electron chi connectivity index (χ0n) is 15.8. The summed E-state index contributed by atoms with van der Waals surface area (Å²) >= 11 is 0. The molecule has 1 atom stereocenters. The quantitative estimate of drug-likeness (QED) is 0.802. The minimum absolute atomic E-state index is 0.229. The normalized spacial score (nSPS) is 19.6. The molecular weight excluding hydrogens is 354 g/mol. The van der Waals surface area contributed by atoms with Crippen molar-refractivity contribution in [2.45, 2.75) is 44.6 Å². The molecule has 1 saturated carbocycles. The van der Waals surface area contributed by atoms with E-state index in [4.69, 9.17) is 9.57 Å². The highest BCUT2D eigenvalue weighted by atomic mass is 16.6. The number of hydrogen-bond acceptors (Lipinski definition) is 5. The summed E-state index contributed by atoms with van der Waals surface area (Å²) in [6, 6.07) is 13.4. The van der Waals surface area contributed by atoms with Crippen LogP contribution in [0.4, 0.5) is 5.82 Å². The van der Waals surface area contributed by atoms with Crippen molar-refractivity contribution >= 4 is 17.4 Å². The van der Waals surface area contributed by atoms with Gasteiger partial charge in [-0.15, -0.1) is 0 Å². The summed E-state index contributed by atoms with van der Waals surface area (Å²) < 4.78 is 5.98. The molecule has 1 aromatic heterocycles. The van der Waals surface area contributed by atoms with Crippen LogP contribution < -0.4 is 10.1 Å². The fourth-order valence-electron chi connectivity index (χ4n) is 3.70. The molecule has 1 aliphatic carbocycles. The van der Waals surface area contributed by atoms with Crippen LogP contribution in [0.3, 0.4) is 0 Å². The number of pyridine rings is 1. The van der Waals surface area contributed by atoms with E-state index in [2.05, 4.69) is 15.5 Å². The molecule has 0 radical (unpaired) electrons. The van der Waals surface area contributed by atoms with E-state index in [0.717, 1.165) is 5.56 Å². The van der Waals surface area contributed by atoms with Crippen molar-refractivity contribution in [2.75, 3.05) is 11.9 Å². The van der Waals surface area contributed by atoms with Crippen LogP contribution in [0.5, 0.6) is 5.75 Å². The van der Waals surface area contributed by atoms with Crippen molar-refractivity contribution in [3.8, 4) is 5.75 Å². The molecule has 1 fully saturated rings. The lowest BCUT2D eigenvalue weighted by molar-refractivity contribution is -0.110. The van der Waals surface area contributed by atoms with Crippen LogP contribution in [0.1, 0.15) is 50.2 Å². The van der Waals surface area contributed by atoms with Crippen LogP contribution in [0.2, 0.25) is 0 Å². The Morgan fingerprint density at radius 3 is 2.75 bits per heavy atom. The average molecular weight is 379 g/mol. The van der Waals surface area contributed by atoms with Crippen LogP contribution in [-0.2, 0) is 9.63 Å². The summed E-state index contributed by atoms with van der Waals surface area (Å²) in [6.45, 7) is 0.661. The molecule has 6 nitrogen and oxygen atoms in total. The smallest absolute Gasteiger partial charge is 0.274 e. The van der Waals surface area contributed by atoms with Gasteiger partial charge in [0, 0.05) is 12.6 Å². The van der Waals surface area contributed by atoms with E-state index in [1.807, 2.05) is 42.5 Å². The summed E-state index contributed by atoms with van der Waals surface area (Å²) in [5, 5.41) is 6.80.